The first-order chi connectivity index (χ1) is 12.0. The molecule has 0 spiro atoms. The van der Waals surface area contributed by atoms with E-state index in [0.717, 1.165) is 30.2 Å². The summed E-state index contributed by atoms with van der Waals surface area (Å²) in [4.78, 5) is 38.8. The first-order valence-corrected chi connectivity index (χ1v) is 9.54. The van der Waals surface area contributed by atoms with Crippen LogP contribution in [-0.2, 0) is 14.3 Å². The third-order valence-corrected chi connectivity index (χ3v) is 5.58. The number of nitrogens with zero attached hydrogens (tertiary/aromatic N) is 1. The molecule has 0 radical (unpaired) electrons. The van der Waals surface area contributed by atoms with E-state index in [-0.39, 0.29) is 24.2 Å². The van der Waals surface area contributed by atoms with Gasteiger partial charge in [0.1, 0.15) is 0 Å². The summed E-state index contributed by atoms with van der Waals surface area (Å²) in [5.74, 6) is -1.13. The van der Waals surface area contributed by atoms with E-state index in [4.69, 9.17) is 4.74 Å². The zero-order valence-corrected chi connectivity index (χ0v) is 15.8. The Balaban J connectivity index is 1.57. The minimum Gasteiger partial charge on any atom is -0.454 e. The Bertz CT molecular complexity index is 667. The van der Waals surface area contributed by atoms with Crippen molar-refractivity contribution in [2.45, 2.75) is 51.2 Å². The van der Waals surface area contributed by atoms with Crippen LogP contribution in [0.15, 0.2) is 28.7 Å². The number of rotatable bonds is 5. The summed E-state index contributed by atoms with van der Waals surface area (Å²) < 4.78 is 6.24. The van der Waals surface area contributed by atoms with Crippen molar-refractivity contribution in [3.63, 3.8) is 0 Å². The van der Waals surface area contributed by atoms with Crippen molar-refractivity contribution in [3.8, 4) is 0 Å². The van der Waals surface area contributed by atoms with Crippen LogP contribution < -0.4 is 0 Å². The van der Waals surface area contributed by atoms with Crippen LogP contribution in [0.5, 0.6) is 0 Å². The summed E-state index contributed by atoms with van der Waals surface area (Å²) in [7, 11) is 0. The van der Waals surface area contributed by atoms with E-state index < -0.39 is 18.0 Å². The summed E-state index contributed by atoms with van der Waals surface area (Å²) in [6, 6.07) is 7.20. The van der Waals surface area contributed by atoms with Crippen molar-refractivity contribution < 1.29 is 19.1 Å². The molecule has 1 aromatic rings. The van der Waals surface area contributed by atoms with Gasteiger partial charge in [0, 0.05) is 29.0 Å². The largest absolute Gasteiger partial charge is 0.454 e. The molecule has 0 aromatic heterocycles. The Labute approximate surface area is 155 Å². The molecule has 2 atom stereocenters. The molecule has 0 unspecified atom stereocenters. The molecule has 25 heavy (non-hydrogen) atoms. The number of halogens is 1. The Morgan fingerprint density at radius 3 is 2.48 bits per heavy atom. The van der Waals surface area contributed by atoms with Crippen LogP contribution in [0.2, 0.25) is 0 Å². The zero-order chi connectivity index (χ0) is 18.0. The van der Waals surface area contributed by atoms with Gasteiger partial charge in [-0.25, -0.2) is 0 Å². The SMILES string of the molecule is C[C@H](OC(=O)[C@H]1CC(=O)N(C2CCCC2)C1)C(=O)c1ccc(Br)cc1. The Morgan fingerprint density at radius 1 is 1.20 bits per heavy atom. The lowest BCUT2D eigenvalue weighted by Crippen LogP contribution is -2.35. The van der Waals surface area contributed by atoms with E-state index in [1.165, 1.54) is 0 Å². The molecule has 1 saturated carbocycles. The predicted octanol–water partition coefficient (Wildman–Crippen LogP) is 3.35. The average Bonchev–Trinajstić information content (AvgIpc) is 3.24. The highest BCUT2D eigenvalue weighted by Gasteiger charge is 2.40. The molecular formula is C19H22BrNO4. The number of carbonyl (C=O) groups excluding carboxylic acids is 3. The van der Waals surface area contributed by atoms with Crippen LogP contribution in [0, 0.1) is 5.92 Å². The number of esters is 1. The van der Waals surface area contributed by atoms with Crippen molar-refractivity contribution in [2.75, 3.05) is 6.54 Å². The Hall–Kier alpha value is -1.69. The minimum absolute atomic E-state index is 0.0285. The molecule has 1 saturated heterocycles. The van der Waals surface area contributed by atoms with E-state index in [9.17, 15) is 14.4 Å². The number of Topliss-reactive ketones (excluding diaryl/α,β-unsaturated/α-hetero) is 1. The van der Waals surface area contributed by atoms with E-state index in [1.54, 1.807) is 31.2 Å². The number of carbonyl (C=O) groups is 3. The van der Waals surface area contributed by atoms with Crippen LogP contribution in [-0.4, -0.2) is 41.3 Å². The van der Waals surface area contributed by atoms with Crippen molar-refractivity contribution >= 4 is 33.6 Å². The molecule has 0 N–H and O–H groups in total. The fourth-order valence-electron chi connectivity index (χ4n) is 3.63. The van der Waals surface area contributed by atoms with Crippen LogP contribution in [0.3, 0.4) is 0 Å². The number of amides is 1. The topological polar surface area (TPSA) is 63.7 Å². The van der Waals surface area contributed by atoms with Gasteiger partial charge in [0.15, 0.2) is 6.10 Å². The molecule has 3 rings (SSSR count). The number of hydrogen-bond donors (Lipinski definition) is 0. The van der Waals surface area contributed by atoms with E-state index >= 15 is 0 Å². The minimum atomic E-state index is -0.857. The highest BCUT2D eigenvalue weighted by Crippen LogP contribution is 2.30. The monoisotopic (exact) mass is 407 g/mol. The summed E-state index contributed by atoms with van der Waals surface area (Å²) in [6.07, 6.45) is 3.65. The number of likely N-dealkylation sites (tertiary alicyclic amines) is 1. The van der Waals surface area contributed by atoms with Gasteiger partial charge in [-0.2, -0.15) is 0 Å². The van der Waals surface area contributed by atoms with Crippen LogP contribution in [0.4, 0.5) is 0 Å². The van der Waals surface area contributed by atoms with Crippen LogP contribution in [0.1, 0.15) is 49.4 Å². The molecular weight excluding hydrogens is 386 g/mol. The predicted molar refractivity (Wildman–Crippen MR) is 96.1 cm³/mol. The summed E-state index contributed by atoms with van der Waals surface area (Å²) >= 11 is 3.32. The molecule has 1 aliphatic heterocycles. The maximum Gasteiger partial charge on any atom is 0.311 e. The van der Waals surface area contributed by atoms with Gasteiger partial charge in [-0.05, 0) is 31.9 Å². The number of ether oxygens (including phenoxy) is 1. The maximum absolute atomic E-state index is 12.4. The lowest BCUT2D eigenvalue weighted by molar-refractivity contribution is -0.151. The van der Waals surface area contributed by atoms with E-state index in [1.807, 2.05) is 4.90 Å². The van der Waals surface area contributed by atoms with Gasteiger partial charge in [-0.1, -0.05) is 40.9 Å². The second kappa shape index (κ2) is 7.68. The standard InChI is InChI=1S/C19H22BrNO4/c1-12(18(23)13-6-8-15(20)9-7-13)25-19(24)14-10-17(22)21(11-14)16-4-2-3-5-16/h6-9,12,14,16H,2-5,10-11H2,1H3/t12-,14-/m0/s1. The second-order valence-electron chi connectivity index (χ2n) is 6.84. The molecule has 6 heteroatoms. The second-order valence-corrected chi connectivity index (χ2v) is 7.75. The first-order valence-electron chi connectivity index (χ1n) is 8.75. The van der Waals surface area contributed by atoms with Crippen LogP contribution in [0.25, 0.3) is 0 Å². The highest BCUT2D eigenvalue weighted by atomic mass is 79.9. The molecule has 5 nitrogen and oxygen atoms in total. The molecule has 1 amide bonds. The van der Waals surface area contributed by atoms with Gasteiger partial charge in [0.25, 0.3) is 0 Å². The lowest BCUT2D eigenvalue weighted by Gasteiger charge is -2.24. The summed E-state index contributed by atoms with van der Waals surface area (Å²) in [5, 5.41) is 0. The van der Waals surface area contributed by atoms with Gasteiger partial charge >= 0.3 is 5.97 Å². The number of ketones is 1. The van der Waals surface area contributed by atoms with Crippen LogP contribution >= 0.6 is 15.9 Å². The maximum atomic E-state index is 12.4. The van der Waals surface area contributed by atoms with Gasteiger partial charge in [0.2, 0.25) is 11.7 Å². The van der Waals surface area contributed by atoms with Crippen molar-refractivity contribution in [3.05, 3.63) is 34.3 Å². The highest BCUT2D eigenvalue weighted by molar-refractivity contribution is 9.10. The van der Waals surface area contributed by atoms with Crippen molar-refractivity contribution in [1.82, 2.24) is 4.90 Å². The van der Waals surface area contributed by atoms with Gasteiger partial charge in [0.05, 0.1) is 5.92 Å². The van der Waals surface area contributed by atoms with Crippen molar-refractivity contribution in [2.24, 2.45) is 5.92 Å². The molecule has 0 bridgehead atoms. The number of hydrogen-bond acceptors (Lipinski definition) is 4. The molecule has 134 valence electrons. The molecule has 1 aromatic carbocycles. The van der Waals surface area contributed by atoms with Gasteiger partial charge in [-0.3, -0.25) is 14.4 Å². The smallest absolute Gasteiger partial charge is 0.311 e. The normalized spacial score (nSPS) is 22.2. The molecule has 1 heterocycles. The van der Waals surface area contributed by atoms with Crippen molar-refractivity contribution in [1.29, 1.82) is 0 Å². The molecule has 2 aliphatic rings. The third kappa shape index (κ3) is 4.11. The Morgan fingerprint density at radius 2 is 1.84 bits per heavy atom. The summed E-state index contributed by atoms with van der Waals surface area (Å²) in [5.41, 5.74) is 0.499. The van der Waals surface area contributed by atoms with E-state index in [2.05, 4.69) is 15.9 Å². The lowest BCUT2D eigenvalue weighted by atomic mass is 10.1. The fourth-order valence-corrected chi connectivity index (χ4v) is 3.90. The molecule has 1 aliphatic carbocycles. The first kappa shape index (κ1) is 18.1. The third-order valence-electron chi connectivity index (χ3n) is 5.05. The Kier molecular flexibility index (Phi) is 5.57. The molecule has 2 fully saturated rings. The quantitative estimate of drug-likeness (QED) is 0.554. The zero-order valence-electron chi connectivity index (χ0n) is 14.2. The number of benzene rings is 1. The van der Waals surface area contributed by atoms with Gasteiger partial charge in [-0.15, -0.1) is 0 Å². The van der Waals surface area contributed by atoms with E-state index in [0.29, 0.717) is 12.1 Å². The average molecular weight is 408 g/mol. The van der Waals surface area contributed by atoms with Gasteiger partial charge < -0.3 is 9.64 Å². The summed E-state index contributed by atoms with van der Waals surface area (Å²) in [6.45, 7) is 2.00. The fraction of sp³-hybridized carbons (Fsp3) is 0.526.